The van der Waals surface area contributed by atoms with Crippen molar-refractivity contribution in [3.05, 3.63) is 0 Å². The Kier molecular flexibility index (Phi) is 18.5. The van der Waals surface area contributed by atoms with Crippen molar-refractivity contribution in [1.29, 1.82) is 0 Å². The van der Waals surface area contributed by atoms with Crippen LogP contribution in [0.5, 0.6) is 0 Å². The van der Waals surface area contributed by atoms with Gasteiger partial charge in [-0.05, 0) is 6.42 Å². The van der Waals surface area contributed by atoms with Crippen LogP contribution < -0.4 is 34.5 Å². The molecule has 3 N–H and O–H groups in total. The maximum atomic E-state index is 12.0. The number of aliphatic hydroxyl groups is 3. The summed E-state index contributed by atoms with van der Waals surface area (Å²) in [6, 6.07) is 0. The molecule has 11 heteroatoms. The van der Waals surface area contributed by atoms with Crippen LogP contribution in [0, 0.1) is 0 Å². The summed E-state index contributed by atoms with van der Waals surface area (Å²) in [5.74, 6) is -1.14. The van der Waals surface area contributed by atoms with Crippen LogP contribution in [-0.2, 0) is 23.1 Å². The van der Waals surface area contributed by atoms with E-state index in [0.717, 1.165) is 25.7 Å². The predicted molar refractivity (Wildman–Crippen MR) is 115 cm³/mol. The minimum Gasteiger partial charge on any atom is -0.756 e. The van der Waals surface area contributed by atoms with Crippen LogP contribution in [0.15, 0.2) is 0 Å². The molecule has 0 aromatic heterocycles. The molecular weight excluding hydrogens is 450 g/mol. The number of phosphoric acid groups is 1. The van der Waals surface area contributed by atoms with Gasteiger partial charge in [0.25, 0.3) is 7.82 Å². The number of carbonyl (C=O) groups is 1. The number of carbonyl (C=O) groups excluding carboxylic acids is 1. The second-order valence-electron chi connectivity index (χ2n) is 7.34. The van der Waals surface area contributed by atoms with Crippen molar-refractivity contribution >= 4 is 13.8 Å². The molecule has 0 spiro atoms. The molecule has 0 aliphatic carbocycles. The molecule has 0 fully saturated rings. The summed E-state index contributed by atoms with van der Waals surface area (Å²) in [7, 11) is -5.61. The fourth-order valence-corrected chi connectivity index (χ4v) is 3.25. The number of hydrogen-bond donors (Lipinski definition) is 3. The quantitative estimate of drug-likeness (QED) is 0.0804. The van der Waals surface area contributed by atoms with E-state index in [1.54, 1.807) is 0 Å². The first-order valence-corrected chi connectivity index (χ1v) is 12.5. The number of esters is 1. The van der Waals surface area contributed by atoms with E-state index in [4.69, 9.17) is 17.1 Å². The molecule has 0 heterocycles. The molecule has 0 aliphatic heterocycles. The third kappa shape index (κ3) is 23.6. The number of phosphoric ester groups is 1. The third-order valence-corrected chi connectivity index (χ3v) is 5.17. The number of ether oxygens (including phenoxy) is 1. The SMILES string of the molecule is [2H]C([2H])(OC(=O)CCCCCCCCCCCCCC)[C@@]([2H])(O)C([2H])([2H])OP(=O)([O-])OCC(O)CO.[Na+]. The summed E-state index contributed by atoms with van der Waals surface area (Å²) in [6.45, 7) is -7.33. The van der Waals surface area contributed by atoms with Gasteiger partial charge in [0.2, 0.25) is 0 Å². The standard InChI is InChI=1S/C21H43O9P.Na/c1-2-3-4-5-6-7-8-9-10-11-12-13-14-21(25)28-16-20(24)18-30-31(26,27)29-17-19(23)15-22;/h19-20,22-24H,2-18H2,1H3,(H,26,27);/q;+1/p-1/t19?,20-;/m1./s1/i16D2,18D2,20D;. The van der Waals surface area contributed by atoms with Gasteiger partial charge < -0.3 is 34.0 Å². The Morgan fingerprint density at radius 3 is 1.97 bits per heavy atom. The van der Waals surface area contributed by atoms with Crippen LogP contribution in [-0.4, -0.2) is 59.8 Å². The van der Waals surface area contributed by atoms with Crippen LogP contribution in [0.1, 0.15) is 97.2 Å². The molecule has 0 rings (SSSR count). The predicted octanol–water partition coefficient (Wildman–Crippen LogP) is -0.159. The van der Waals surface area contributed by atoms with Crippen molar-refractivity contribution in [1.82, 2.24) is 0 Å². The molecule has 0 saturated carbocycles. The van der Waals surface area contributed by atoms with Crippen LogP contribution >= 0.6 is 7.82 Å². The zero-order chi connectivity index (χ0) is 27.9. The molecule has 9 nitrogen and oxygen atoms in total. The Bertz CT molecular complexity index is 674. The van der Waals surface area contributed by atoms with Gasteiger partial charge in [-0.2, -0.15) is 0 Å². The molecule has 3 atom stereocenters. The minimum absolute atomic E-state index is 0. The fourth-order valence-electron chi connectivity index (χ4n) is 2.64. The van der Waals surface area contributed by atoms with E-state index in [9.17, 15) is 19.4 Å². The van der Waals surface area contributed by atoms with Crippen LogP contribution in [0.2, 0.25) is 0 Å². The van der Waals surface area contributed by atoms with E-state index in [2.05, 4.69) is 20.7 Å². The molecule has 32 heavy (non-hydrogen) atoms. The summed E-state index contributed by atoms with van der Waals surface area (Å²) in [5.41, 5.74) is 0. The molecular formula is C21H42NaO9P. The normalized spacial score (nSPS) is 19.1. The van der Waals surface area contributed by atoms with Crippen molar-refractivity contribution in [2.45, 2.75) is 103 Å². The number of unbranched alkanes of at least 4 members (excludes halogenated alkanes) is 11. The summed E-state index contributed by atoms with van der Waals surface area (Å²) >= 11 is 0. The van der Waals surface area contributed by atoms with Crippen molar-refractivity contribution in [2.75, 3.05) is 26.3 Å². The molecule has 0 radical (unpaired) electrons. The maximum Gasteiger partial charge on any atom is 1.00 e. The van der Waals surface area contributed by atoms with Crippen LogP contribution in [0.3, 0.4) is 0 Å². The molecule has 186 valence electrons. The Morgan fingerprint density at radius 1 is 0.969 bits per heavy atom. The van der Waals surface area contributed by atoms with Crippen LogP contribution in [0.25, 0.3) is 0 Å². The monoisotopic (exact) mass is 497 g/mol. The Morgan fingerprint density at radius 2 is 1.47 bits per heavy atom. The van der Waals surface area contributed by atoms with Crippen molar-refractivity contribution < 1.29 is 79.8 Å². The van der Waals surface area contributed by atoms with Gasteiger partial charge in [-0.1, -0.05) is 77.6 Å². The number of aliphatic hydroxyl groups excluding tert-OH is 2. The van der Waals surface area contributed by atoms with Gasteiger partial charge in [-0.25, -0.2) is 0 Å². The van der Waals surface area contributed by atoms with E-state index < -0.39 is 52.3 Å². The van der Waals surface area contributed by atoms with E-state index in [1.807, 2.05) is 0 Å². The van der Waals surface area contributed by atoms with Crippen molar-refractivity contribution in [3.8, 4) is 0 Å². The minimum atomic E-state index is -5.61. The van der Waals surface area contributed by atoms with E-state index in [0.29, 0.717) is 12.8 Å². The maximum absolute atomic E-state index is 12.0. The summed E-state index contributed by atoms with van der Waals surface area (Å²) in [5, 5.41) is 27.8. The molecule has 0 amide bonds. The second kappa shape index (κ2) is 23.2. The number of hydrogen-bond acceptors (Lipinski definition) is 9. The average molecular weight is 498 g/mol. The van der Waals surface area contributed by atoms with Gasteiger partial charge in [0, 0.05) is 6.42 Å². The first kappa shape index (κ1) is 25.5. The van der Waals surface area contributed by atoms with Gasteiger partial charge in [0.1, 0.15) is 18.7 Å². The smallest absolute Gasteiger partial charge is 0.756 e. The zero-order valence-corrected chi connectivity index (χ0v) is 22.3. The van der Waals surface area contributed by atoms with Crippen molar-refractivity contribution in [2.24, 2.45) is 0 Å². The molecule has 2 unspecified atom stereocenters. The first-order valence-electron chi connectivity index (χ1n) is 13.5. The van der Waals surface area contributed by atoms with Gasteiger partial charge in [0.05, 0.1) is 26.6 Å². The van der Waals surface area contributed by atoms with E-state index in [1.165, 1.54) is 38.5 Å². The zero-order valence-electron chi connectivity index (χ0n) is 24.4. The average Bonchev–Trinajstić information content (AvgIpc) is 2.77. The Balaban J connectivity index is 0. The van der Waals surface area contributed by atoms with Gasteiger partial charge in [-0.3, -0.25) is 9.36 Å². The largest absolute Gasteiger partial charge is 1.00 e. The molecule has 0 aromatic rings. The van der Waals surface area contributed by atoms with E-state index >= 15 is 0 Å². The van der Waals surface area contributed by atoms with Gasteiger partial charge >= 0.3 is 35.5 Å². The van der Waals surface area contributed by atoms with Gasteiger partial charge in [-0.15, -0.1) is 0 Å². The molecule has 0 aromatic carbocycles. The second-order valence-corrected chi connectivity index (χ2v) is 8.67. The number of rotatable bonds is 22. The topological polar surface area (TPSA) is 146 Å². The molecule has 0 bridgehead atoms. The van der Waals surface area contributed by atoms with Crippen LogP contribution in [0.4, 0.5) is 0 Å². The first-order chi connectivity index (χ1) is 16.6. The third-order valence-electron chi connectivity index (χ3n) is 4.39. The molecule has 0 aliphatic rings. The van der Waals surface area contributed by atoms with Gasteiger partial charge in [0.15, 0.2) is 0 Å². The Labute approximate surface area is 222 Å². The van der Waals surface area contributed by atoms with E-state index in [-0.39, 0.29) is 36.0 Å². The fraction of sp³-hybridized carbons (Fsp3) is 0.952. The summed E-state index contributed by atoms with van der Waals surface area (Å²) < 4.78 is 62.3. The van der Waals surface area contributed by atoms with Crippen molar-refractivity contribution in [3.63, 3.8) is 0 Å². The molecule has 0 saturated heterocycles. The summed E-state index contributed by atoms with van der Waals surface area (Å²) in [6.07, 6.45) is 6.79. The Hall–Kier alpha value is 0.460. The summed E-state index contributed by atoms with van der Waals surface area (Å²) in [4.78, 5) is 23.7.